The summed E-state index contributed by atoms with van der Waals surface area (Å²) >= 11 is 0. The number of nitrogens with one attached hydrogen (secondary N) is 1. The summed E-state index contributed by atoms with van der Waals surface area (Å²) < 4.78 is 1.85. The first-order valence-electron chi connectivity index (χ1n) is 8.02. The van der Waals surface area contributed by atoms with E-state index < -0.39 is 0 Å². The van der Waals surface area contributed by atoms with Crippen LogP contribution >= 0.6 is 0 Å². The molecule has 23 heavy (non-hydrogen) atoms. The molecular weight excluding hydrogens is 288 g/mol. The number of hydrogen-bond donors (Lipinski definition) is 1. The van der Waals surface area contributed by atoms with E-state index in [2.05, 4.69) is 24.3 Å². The van der Waals surface area contributed by atoms with Crippen molar-refractivity contribution in [2.75, 3.05) is 13.6 Å². The zero-order valence-corrected chi connectivity index (χ0v) is 14.4. The molecule has 0 aliphatic heterocycles. The molecule has 1 heterocycles. The predicted octanol–water partition coefficient (Wildman–Crippen LogP) is 2.46. The summed E-state index contributed by atoms with van der Waals surface area (Å²) in [4.78, 5) is 14.0. The maximum absolute atomic E-state index is 12.0. The average molecular weight is 314 g/mol. The van der Waals surface area contributed by atoms with E-state index in [1.54, 1.807) is 0 Å². The molecule has 0 saturated carbocycles. The van der Waals surface area contributed by atoms with Gasteiger partial charge in [0.15, 0.2) is 0 Å². The van der Waals surface area contributed by atoms with E-state index in [9.17, 15) is 4.79 Å². The molecule has 0 radical (unpaired) electrons. The molecule has 1 N–H and O–H groups in total. The third-order valence-corrected chi connectivity index (χ3v) is 3.91. The highest BCUT2D eigenvalue weighted by molar-refractivity contribution is 5.78. The molecule has 1 atom stereocenters. The van der Waals surface area contributed by atoms with Gasteiger partial charge in [-0.1, -0.05) is 32.0 Å². The first kappa shape index (κ1) is 17.2. The summed E-state index contributed by atoms with van der Waals surface area (Å²) in [7, 11) is 1.94. The molecule has 1 aromatic carbocycles. The van der Waals surface area contributed by atoms with Crippen molar-refractivity contribution in [3.05, 3.63) is 48.3 Å². The second-order valence-electron chi connectivity index (χ2n) is 6.40. The number of carbonyl (C=O) groups excluding carboxylic acids is 1. The maximum atomic E-state index is 12.0. The molecule has 0 bridgehead atoms. The van der Waals surface area contributed by atoms with Crippen molar-refractivity contribution >= 4 is 5.91 Å². The van der Waals surface area contributed by atoms with Gasteiger partial charge in [-0.2, -0.15) is 5.10 Å². The first-order chi connectivity index (χ1) is 11.0. The normalized spacial score (nSPS) is 12.6. The summed E-state index contributed by atoms with van der Waals surface area (Å²) in [5.41, 5.74) is 2.12. The van der Waals surface area contributed by atoms with Gasteiger partial charge in [-0.15, -0.1) is 0 Å². The van der Waals surface area contributed by atoms with Gasteiger partial charge in [0.2, 0.25) is 5.91 Å². The molecule has 5 heteroatoms. The van der Waals surface area contributed by atoms with Crippen LogP contribution in [0.5, 0.6) is 0 Å². The van der Waals surface area contributed by atoms with Crippen LogP contribution < -0.4 is 5.32 Å². The van der Waals surface area contributed by atoms with Gasteiger partial charge in [-0.25, -0.2) is 4.68 Å². The molecule has 0 spiro atoms. The highest BCUT2D eigenvalue weighted by Crippen LogP contribution is 2.09. The number of aromatic nitrogens is 2. The Morgan fingerprint density at radius 2 is 1.96 bits per heavy atom. The number of benzene rings is 1. The lowest BCUT2D eigenvalue weighted by Gasteiger charge is -2.20. The van der Waals surface area contributed by atoms with Crippen molar-refractivity contribution in [2.24, 2.45) is 5.92 Å². The molecule has 1 aromatic heterocycles. The highest BCUT2D eigenvalue weighted by Gasteiger charge is 2.13. The quantitative estimate of drug-likeness (QED) is 0.854. The van der Waals surface area contributed by atoms with Crippen LogP contribution in [-0.4, -0.2) is 40.2 Å². The Hall–Kier alpha value is -2.14. The third-order valence-electron chi connectivity index (χ3n) is 3.91. The van der Waals surface area contributed by atoms with E-state index in [0.29, 0.717) is 19.0 Å². The lowest BCUT2D eigenvalue weighted by atomic mass is 10.1. The summed E-state index contributed by atoms with van der Waals surface area (Å²) in [5, 5.41) is 7.41. The van der Waals surface area contributed by atoms with E-state index in [0.717, 1.165) is 11.3 Å². The van der Waals surface area contributed by atoms with Crippen LogP contribution in [0.4, 0.5) is 0 Å². The minimum Gasteiger partial charge on any atom is -0.352 e. The van der Waals surface area contributed by atoms with Gasteiger partial charge < -0.3 is 5.32 Å². The lowest BCUT2D eigenvalue weighted by Crippen LogP contribution is -2.41. The number of nitrogens with zero attached hydrogens (tertiary/aromatic N) is 3. The van der Waals surface area contributed by atoms with Crippen molar-refractivity contribution in [3.63, 3.8) is 0 Å². The van der Waals surface area contributed by atoms with Crippen LogP contribution in [0.1, 0.15) is 26.3 Å². The molecule has 5 nitrogen and oxygen atoms in total. The molecule has 0 aliphatic rings. The Kier molecular flexibility index (Phi) is 5.93. The van der Waals surface area contributed by atoms with E-state index in [-0.39, 0.29) is 11.9 Å². The molecule has 2 rings (SSSR count). The van der Waals surface area contributed by atoms with Crippen molar-refractivity contribution in [3.8, 4) is 5.69 Å². The van der Waals surface area contributed by atoms with Gasteiger partial charge in [0.05, 0.1) is 18.4 Å². The van der Waals surface area contributed by atoms with Gasteiger partial charge in [0.1, 0.15) is 0 Å². The van der Waals surface area contributed by atoms with E-state index in [4.69, 9.17) is 0 Å². The van der Waals surface area contributed by atoms with Crippen LogP contribution in [0.2, 0.25) is 0 Å². The van der Waals surface area contributed by atoms with Crippen LogP contribution in [-0.2, 0) is 11.3 Å². The summed E-state index contributed by atoms with van der Waals surface area (Å²) in [6, 6.07) is 10.2. The Morgan fingerprint density at radius 1 is 1.26 bits per heavy atom. The lowest BCUT2D eigenvalue weighted by molar-refractivity contribution is -0.122. The van der Waals surface area contributed by atoms with E-state index >= 15 is 0 Å². The monoisotopic (exact) mass is 314 g/mol. The highest BCUT2D eigenvalue weighted by atomic mass is 16.2. The molecule has 124 valence electrons. The molecular formula is C18H26N4O. The number of rotatable bonds is 7. The molecule has 1 unspecified atom stereocenters. The van der Waals surface area contributed by atoms with Crippen LogP contribution in [0.15, 0.2) is 42.7 Å². The minimum absolute atomic E-state index is 0.0594. The van der Waals surface area contributed by atoms with Gasteiger partial charge >= 0.3 is 0 Å². The maximum Gasteiger partial charge on any atom is 0.234 e. The number of para-hydroxylation sites is 1. The van der Waals surface area contributed by atoms with Crippen molar-refractivity contribution in [1.82, 2.24) is 20.0 Å². The largest absolute Gasteiger partial charge is 0.352 e. The standard InChI is InChI=1S/C18H26N4O/c1-14(2)15(3)20-18(23)13-21(4)11-16-10-19-22(12-16)17-8-6-5-7-9-17/h5-10,12,14-15H,11,13H2,1-4H3,(H,20,23). The second kappa shape index (κ2) is 7.92. The smallest absolute Gasteiger partial charge is 0.234 e. The SMILES string of the molecule is CC(C)C(C)NC(=O)CN(C)Cc1cnn(-c2ccccc2)c1. The summed E-state index contributed by atoms with van der Waals surface area (Å²) in [6.45, 7) is 7.32. The Balaban J connectivity index is 1.87. The second-order valence-corrected chi connectivity index (χ2v) is 6.40. The zero-order chi connectivity index (χ0) is 16.8. The minimum atomic E-state index is 0.0594. The van der Waals surface area contributed by atoms with Gasteiger partial charge in [-0.05, 0) is 32.0 Å². The Bertz CT molecular complexity index is 621. The Labute approximate surface area is 138 Å². The van der Waals surface area contributed by atoms with Crippen LogP contribution in [0.25, 0.3) is 5.69 Å². The van der Waals surface area contributed by atoms with Gasteiger partial charge in [0.25, 0.3) is 0 Å². The summed E-state index contributed by atoms with van der Waals surface area (Å²) in [5.74, 6) is 0.498. The number of amides is 1. The van der Waals surface area contributed by atoms with E-state index in [1.165, 1.54) is 0 Å². The topological polar surface area (TPSA) is 50.2 Å². The number of carbonyl (C=O) groups is 1. The number of hydrogen-bond acceptors (Lipinski definition) is 3. The molecule has 2 aromatic rings. The zero-order valence-electron chi connectivity index (χ0n) is 14.4. The van der Waals surface area contributed by atoms with E-state index in [1.807, 2.05) is 66.3 Å². The molecule has 0 saturated heterocycles. The Morgan fingerprint density at radius 3 is 2.61 bits per heavy atom. The molecule has 1 amide bonds. The molecule has 0 aliphatic carbocycles. The third kappa shape index (κ3) is 5.21. The van der Waals surface area contributed by atoms with Crippen molar-refractivity contribution in [2.45, 2.75) is 33.4 Å². The predicted molar refractivity (Wildman–Crippen MR) is 92.3 cm³/mol. The van der Waals surface area contributed by atoms with Crippen molar-refractivity contribution < 1.29 is 4.79 Å². The average Bonchev–Trinajstić information content (AvgIpc) is 2.96. The first-order valence-corrected chi connectivity index (χ1v) is 8.02. The number of likely N-dealkylation sites (N-methyl/N-ethyl adjacent to an activating group) is 1. The van der Waals surface area contributed by atoms with Crippen LogP contribution in [0.3, 0.4) is 0 Å². The fraction of sp³-hybridized carbons (Fsp3) is 0.444. The summed E-state index contributed by atoms with van der Waals surface area (Å²) in [6.07, 6.45) is 3.85. The molecule has 0 fully saturated rings. The van der Waals surface area contributed by atoms with Gasteiger partial charge in [-0.3, -0.25) is 9.69 Å². The van der Waals surface area contributed by atoms with Gasteiger partial charge in [0, 0.05) is 24.3 Å². The van der Waals surface area contributed by atoms with Crippen molar-refractivity contribution in [1.29, 1.82) is 0 Å². The van der Waals surface area contributed by atoms with Crippen LogP contribution in [0, 0.1) is 5.92 Å². The fourth-order valence-electron chi connectivity index (χ4n) is 2.24. The fourth-order valence-corrected chi connectivity index (χ4v) is 2.24.